The Bertz CT molecular complexity index is 617. The van der Waals surface area contributed by atoms with Crippen LogP contribution in [0.15, 0.2) is 17.0 Å². The summed E-state index contributed by atoms with van der Waals surface area (Å²) in [6.45, 7) is 4.63. The molecule has 0 saturated heterocycles. The van der Waals surface area contributed by atoms with Crippen molar-refractivity contribution in [2.24, 2.45) is 5.14 Å². The Balaban J connectivity index is 0.00000400. The van der Waals surface area contributed by atoms with Crippen LogP contribution in [0.1, 0.15) is 21.5 Å². The second kappa shape index (κ2) is 7.74. The van der Waals surface area contributed by atoms with E-state index in [0.29, 0.717) is 24.2 Å². The van der Waals surface area contributed by atoms with Crippen LogP contribution in [0, 0.1) is 13.8 Å². The van der Waals surface area contributed by atoms with Gasteiger partial charge in [0.15, 0.2) is 0 Å². The molecule has 120 valence electrons. The van der Waals surface area contributed by atoms with Gasteiger partial charge in [-0.1, -0.05) is 0 Å². The minimum Gasteiger partial charge on any atom is -0.340 e. The lowest BCUT2D eigenvalue weighted by molar-refractivity contribution is 0.0796. The van der Waals surface area contributed by atoms with Crippen molar-refractivity contribution in [1.29, 1.82) is 0 Å². The molecule has 0 fully saturated rings. The molecule has 1 aromatic carbocycles. The molecule has 1 rings (SSSR count). The van der Waals surface area contributed by atoms with E-state index in [1.165, 1.54) is 11.0 Å². The van der Waals surface area contributed by atoms with E-state index in [2.05, 4.69) is 5.32 Å². The number of sulfonamides is 1. The number of rotatable bonds is 5. The minimum absolute atomic E-state index is 0. The van der Waals surface area contributed by atoms with Gasteiger partial charge in [-0.2, -0.15) is 0 Å². The number of amides is 1. The molecule has 0 radical (unpaired) electrons. The Morgan fingerprint density at radius 3 is 2.38 bits per heavy atom. The van der Waals surface area contributed by atoms with Crippen molar-refractivity contribution < 1.29 is 13.2 Å². The van der Waals surface area contributed by atoms with Crippen LogP contribution in [0.3, 0.4) is 0 Å². The molecule has 0 heterocycles. The largest absolute Gasteiger partial charge is 0.340 e. The summed E-state index contributed by atoms with van der Waals surface area (Å²) >= 11 is 0. The van der Waals surface area contributed by atoms with Gasteiger partial charge in [0, 0.05) is 25.7 Å². The molecule has 0 aromatic heterocycles. The highest BCUT2D eigenvalue weighted by Gasteiger charge is 2.19. The number of carbonyl (C=O) groups excluding carboxylic acids is 1. The second-order valence-electron chi connectivity index (χ2n) is 4.79. The number of nitrogens with one attached hydrogen (secondary N) is 1. The van der Waals surface area contributed by atoms with E-state index in [9.17, 15) is 13.2 Å². The number of carbonyl (C=O) groups is 1. The summed E-state index contributed by atoms with van der Waals surface area (Å²) in [4.78, 5) is 13.8. The van der Waals surface area contributed by atoms with Crippen LogP contribution in [0.25, 0.3) is 0 Å². The summed E-state index contributed by atoms with van der Waals surface area (Å²) in [7, 11) is -0.367. The Hall–Kier alpha value is -1.15. The number of halogens is 1. The number of primary sulfonamides is 1. The number of nitrogens with two attached hydrogens (primary N) is 1. The average Bonchev–Trinajstić information content (AvgIpc) is 2.36. The van der Waals surface area contributed by atoms with Gasteiger partial charge in [-0.25, -0.2) is 13.6 Å². The number of nitrogens with zero attached hydrogens (tertiary/aromatic N) is 1. The predicted octanol–water partition coefficient (Wildman–Crippen LogP) is 0.664. The molecular weight excluding hydrogens is 314 g/mol. The molecule has 0 unspecified atom stereocenters. The average molecular weight is 336 g/mol. The van der Waals surface area contributed by atoms with Gasteiger partial charge in [0.05, 0.1) is 4.90 Å². The fourth-order valence-corrected chi connectivity index (χ4v) is 2.73. The SMILES string of the molecule is CNCCN(C)C(=O)c1cc(C)c(C)c(S(N)(=O)=O)c1.Cl. The summed E-state index contributed by atoms with van der Waals surface area (Å²) in [5.41, 5.74) is 1.62. The van der Waals surface area contributed by atoms with Crippen molar-refractivity contribution in [3.8, 4) is 0 Å². The first-order valence-electron chi connectivity index (χ1n) is 6.22. The minimum atomic E-state index is -3.84. The molecule has 0 aliphatic heterocycles. The first-order valence-corrected chi connectivity index (χ1v) is 7.77. The lowest BCUT2D eigenvalue weighted by atomic mass is 10.1. The van der Waals surface area contributed by atoms with Gasteiger partial charge in [-0.15, -0.1) is 12.4 Å². The van der Waals surface area contributed by atoms with Crippen LogP contribution in [-0.2, 0) is 10.0 Å². The summed E-state index contributed by atoms with van der Waals surface area (Å²) < 4.78 is 23.1. The molecule has 8 heteroatoms. The molecule has 0 spiro atoms. The van der Waals surface area contributed by atoms with E-state index in [1.807, 2.05) is 0 Å². The van der Waals surface area contributed by atoms with Gasteiger partial charge in [-0.05, 0) is 44.2 Å². The Kier molecular flexibility index (Phi) is 7.32. The van der Waals surface area contributed by atoms with E-state index in [-0.39, 0.29) is 23.2 Å². The highest BCUT2D eigenvalue weighted by molar-refractivity contribution is 7.89. The van der Waals surface area contributed by atoms with Crippen molar-refractivity contribution in [1.82, 2.24) is 10.2 Å². The van der Waals surface area contributed by atoms with Crippen LogP contribution in [0.2, 0.25) is 0 Å². The van der Waals surface area contributed by atoms with Gasteiger partial charge in [0.1, 0.15) is 0 Å². The summed E-state index contributed by atoms with van der Waals surface area (Å²) in [6, 6.07) is 3.03. The molecule has 0 aliphatic rings. The zero-order valence-electron chi connectivity index (χ0n) is 12.6. The van der Waals surface area contributed by atoms with E-state index in [0.717, 1.165) is 5.56 Å². The van der Waals surface area contributed by atoms with Gasteiger partial charge in [0.25, 0.3) is 5.91 Å². The molecule has 21 heavy (non-hydrogen) atoms. The summed E-state index contributed by atoms with van der Waals surface area (Å²) in [5, 5.41) is 8.14. The highest BCUT2D eigenvalue weighted by atomic mass is 35.5. The Labute approximate surface area is 132 Å². The number of aryl methyl sites for hydroxylation is 1. The molecular formula is C13H22ClN3O3S. The number of hydrogen-bond donors (Lipinski definition) is 2. The van der Waals surface area contributed by atoms with Crippen LogP contribution in [-0.4, -0.2) is 46.4 Å². The predicted molar refractivity (Wildman–Crippen MR) is 85.4 cm³/mol. The molecule has 0 bridgehead atoms. The van der Waals surface area contributed by atoms with Crippen LogP contribution >= 0.6 is 12.4 Å². The van der Waals surface area contributed by atoms with E-state index in [4.69, 9.17) is 5.14 Å². The van der Waals surface area contributed by atoms with Crippen molar-refractivity contribution in [3.05, 3.63) is 28.8 Å². The fraction of sp³-hybridized carbons (Fsp3) is 0.462. The van der Waals surface area contributed by atoms with Gasteiger partial charge >= 0.3 is 0 Å². The maximum Gasteiger partial charge on any atom is 0.253 e. The van der Waals surface area contributed by atoms with Crippen molar-refractivity contribution in [2.75, 3.05) is 27.2 Å². The maximum absolute atomic E-state index is 12.3. The Morgan fingerprint density at radius 2 is 1.90 bits per heavy atom. The third-order valence-corrected chi connectivity index (χ3v) is 4.25. The second-order valence-corrected chi connectivity index (χ2v) is 6.32. The van der Waals surface area contributed by atoms with Crippen molar-refractivity contribution >= 4 is 28.3 Å². The van der Waals surface area contributed by atoms with Crippen molar-refractivity contribution in [3.63, 3.8) is 0 Å². The van der Waals surface area contributed by atoms with Crippen LogP contribution < -0.4 is 10.5 Å². The zero-order chi connectivity index (χ0) is 15.5. The lowest BCUT2D eigenvalue weighted by Gasteiger charge is -2.18. The highest BCUT2D eigenvalue weighted by Crippen LogP contribution is 2.20. The molecule has 0 atom stereocenters. The van der Waals surface area contributed by atoms with E-state index in [1.54, 1.807) is 34.0 Å². The number of hydrogen-bond acceptors (Lipinski definition) is 4. The van der Waals surface area contributed by atoms with Gasteiger partial charge < -0.3 is 10.2 Å². The molecule has 0 saturated carbocycles. The Morgan fingerprint density at radius 1 is 1.33 bits per heavy atom. The normalized spacial score (nSPS) is 10.9. The first kappa shape index (κ1) is 19.9. The van der Waals surface area contributed by atoms with Gasteiger partial charge in [0.2, 0.25) is 10.0 Å². The third-order valence-electron chi connectivity index (χ3n) is 3.22. The molecule has 3 N–H and O–H groups in total. The summed E-state index contributed by atoms with van der Waals surface area (Å²) in [5.74, 6) is -0.228. The number of benzene rings is 1. The van der Waals surface area contributed by atoms with Gasteiger partial charge in [-0.3, -0.25) is 4.79 Å². The van der Waals surface area contributed by atoms with E-state index < -0.39 is 10.0 Å². The zero-order valence-corrected chi connectivity index (χ0v) is 14.3. The molecule has 1 aromatic rings. The first-order chi connectivity index (χ1) is 9.18. The van der Waals surface area contributed by atoms with Crippen LogP contribution in [0.5, 0.6) is 0 Å². The van der Waals surface area contributed by atoms with Crippen LogP contribution in [0.4, 0.5) is 0 Å². The number of likely N-dealkylation sites (N-methyl/N-ethyl adjacent to an activating group) is 2. The molecule has 6 nitrogen and oxygen atoms in total. The monoisotopic (exact) mass is 335 g/mol. The molecule has 1 amide bonds. The smallest absolute Gasteiger partial charge is 0.253 e. The molecule has 0 aliphatic carbocycles. The quantitative estimate of drug-likeness (QED) is 0.827. The lowest BCUT2D eigenvalue weighted by Crippen LogP contribution is -2.33. The summed E-state index contributed by atoms with van der Waals surface area (Å²) in [6.07, 6.45) is 0. The maximum atomic E-state index is 12.3. The standard InChI is InChI=1S/C13H21N3O3S.ClH/c1-9-7-11(13(17)16(4)6-5-15-3)8-12(10(9)2)20(14,18)19;/h7-8,15H,5-6H2,1-4H3,(H2,14,18,19);1H. The van der Waals surface area contributed by atoms with E-state index >= 15 is 0 Å². The fourth-order valence-electron chi connectivity index (χ4n) is 1.85. The topological polar surface area (TPSA) is 92.5 Å². The third kappa shape index (κ3) is 4.96. The van der Waals surface area contributed by atoms with Crippen molar-refractivity contribution in [2.45, 2.75) is 18.7 Å².